The van der Waals surface area contributed by atoms with Crippen molar-refractivity contribution in [1.29, 1.82) is 0 Å². The number of hydrogen-bond donors (Lipinski definition) is 2. The highest BCUT2D eigenvalue weighted by Crippen LogP contribution is 2.33. The van der Waals surface area contributed by atoms with Gasteiger partial charge in [0, 0.05) is 39.9 Å². The second-order valence-corrected chi connectivity index (χ2v) is 9.39. The first-order valence-electron chi connectivity index (χ1n) is 12.4. The van der Waals surface area contributed by atoms with Gasteiger partial charge in [-0.05, 0) is 86.2 Å². The summed E-state index contributed by atoms with van der Waals surface area (Å²) in [5.41, 5.74) is 9.15. The zero-order valence-electron chi connectivity index (χ0n) is 20.1. The van der Waals surface area contributed by atoms with Crippen LogP contribution in [0.3, 0.4) is 0 Å². The zero-order valence-corrected chi connectivity index (χ0v) is 20.1. The van der Waals surface area contributed by atoms with E-state index in [-0.39, 0.29) is 6.04 Å². The highest BCUT2D eigenvalue weighted by Gasteiger charge is 2.23. The molecule has 2 N–H and O–H groups in total. The topological polar surface area (TPSA) is 60.6 Å². The Bertz CT molecular complexity index is 1550. The highest BCUT2D eigenvalue weighted by molar-refractivity contribution is 5.78. The summed E-state index contributed by atoms with van der Waals surface area (Å²) < 4.78 is 0. The third-order valence-corrected chi connectivity index (χ3v) is 6.72. The van der Waals surface area contributed by atoms with Crippen molar-refractivity contribution in [3.05, 3.63) is 95.2 Å². The molecule has 174 valence electrons. The van der Waals surface area contributed by atoms with Crippen molar-refractivity contribution in [2.24, 2.45) is 0 Å². The number of nitrogens with zero attached hydrogens (tertiary/aromatic N) is 3. The van der Waals surface area contributed by atoms with Crippen molar-refractivity contribution in [3.63, 3.8) is 0 Å². The molecule has 35 heavy (non-hydrogen) atoms. The third kappa shape index (κ3) is 4.37. The quantitative estimate of drug-likeness (QED) is 0.297. The van der Waals surface area contributed by atoms with E-state index in [2.05, 4.69) is 95.6 Å². The lowest BCUT2D eigenvalue weighted by Gasteiger charge is -2.35. The van der Waals surface area contributed by atoms with Crippen LogP contribution >= 0.6 is 0 Å². The molecular weight excluding hydrogens is 430 g/mol. The van der Waals surface area contributed by atoms with Gasteiger partial charge in [-0.15, -0.1) is 0 Å². The molecule has 0 amide bonds. The molecule has 3 aromatic heterocycles. The fraction of sp³-hybridized carbons (Fsp3) is 0.200. The Morgan fingerprint density at radius 1 is 0.800 bits per heavy atom. The van der Waals surface area contributed by atoms with E-state index in [0.717, 1.165) is 57.7 Å². The molecule has 2 atom stereocenters. The van der Waals surface area contributed by atoms with Crippen LogP contribution in [0.2, 0.25) is 0 Å². The minimum atomic E-state index is 0.161. The van der Waals surface area contributed by atoms with Gasteiger partial charge in [0.1, 0.15) is 0 Å². The molecule has 6 rings (SSSR count). The summed E-state index contributed by atoms with van der Waals surface area (Å²) in [6, 6.07) is 15.5. The molecule has 5 nitrogen and oxygen atoms in total. The van der Waals surface area contributed by atoms with Crippen LogP contribution < -0.4 is 0 Å². The number of nitrogens with one attached hydrogen (secondary N) is 2. The van der Waals surface area contributed by atoms with E-state index in [1.807, 2.05) is 24.3 Å². The first kappa shape index (κ1) is 21.4. The monoisotopic (exact) mass is 459 g/mol. The SMILES string of the molecule is CCCC(C)N1C=CC=CC1c1cc2cc3ccc(cc4nc(cc5nc(cc1[nH]2)C=C5)C=C4)[nH]3. The fourth-order valence-electron chi connectivity index (χ4n) is 5.05. The van der Waals surface area contributed by atoms with Gasteiger partial charge in [-0.2, -0.15) is 0 Å². The number of aromatic nitrogens is 4. The summed E-state index contributed by atoms with van der Waals surface area (Å²) in [6.07, 6.45) is 19.3. The molecule has 3 aromatic rings. The summed E-state index contributed by atoms with van der Waals surface area (Å²) >= 11 is 0. The Morgan fingerprint density at radius 2 is 1.49 bits per heavy atom. The smallest absolute Gasteiger partial charge is 0.0748 e. The second kappa shape index (κ2) is 8.91. The Morgan fingerprint density at radius 3 is 2.23 bits per heavy atom. The lowest BCUT2D eigenvalue weighted by Crippen LogP contribution is -2.32. The van der Waals surface area contributed by atoms with Crippen molar-refractivity contribution in [1.82, 2.24) is 24.8 Å². The Hall–Kier alpha value is -4.12. The van der Waals surface area contributed by atoms with Gasteiger partial charge in [-0.1, -0.05) is 25.5 Å². The van der Waals surface area contributed by atoms with Gasteiger partial charge in [-0.25, -0.2) is 9.97 Å². The van der Waals surface area contributed by atoms with E-state index < -0.39 is 0 Å². The van der Waals surface area contributed by atoms with Gasteiger partial charge in [0.15, 0.2) is 0 Å². The molecule has 0 fully saturated rings. The average molecular weight is 460 g/mol. The summed E-state index contributed by atoms with van der Waals surface area (Å²) in [5.74, 6) is 0. The Labute approximate surface area is 205 Å². The fourth-order valence-corrected chi connectivity index (χ4v) is 5.05. The molecule has 3 aliphatic heterocycles. The average Bonchev–Trinajstić information content (AvgIpc) is 3.64. The lowest BCUT2D eigenvalue weighted by molar-refractivity contribution is 0.237. The van der Waals surface area contributed by atoms with E-state index >= 15 is 0 Å². The number of H-pyrrole nitrogens is 2. The highest BCUT2D eigenvalue weighted by atomic mass is 15.2. The van der Waals surface area contributed by atoms with Crippen LogP contribution in [0.4, 0.5) is 0 Å². The van der Waals surface area contributed by atoms with Gasteiger partial charge in [-0.3, -0.25) is 0 Å². The van der Waals surface area contributed by atoms with E-state index in [0.29, 0.717) is 6.04 Å². The first-order valence-corrected chi connectivity index (χ1v) is 12.4. The van der Waals surface area contributed by atoms with Crippen LogP contribution in [0, 0.1) is 0 Å². The maximum absolute atomic E-state index is 4.84. The molecule has 5 heteroatoms. The molecule has 0 saturated heterocycles. The number of aromatic amines is 2. The molecule has 6 heterocycles. The zero-order chi connectivity index (χ0) is 23.8. The van der Waals surface area contributed by atoms with Crippen molar-refractivity contribution in [2.45, 2.75) is 38.8 Å². The number of rotatable bonds is 4. The second-order valence-electron chi connectivity index (χ2n) is 9.39. The minimum Gasteiger partial charge on any atom is -0.364 e. The molecule has 3 aliphatic rings. The predicted octanol–water partition coefficient (Wildman–Crippen LogP) is 7.27. The van der Waals surface area contributed by atoms with Crippen LogP contribution in [0.15, 0.2) is 66.9 Å². The van der Waals surface area contributed by atoms with Crippen molar-refractivity contribution in [3.8, 4) is 0 Å². The van der Waals surface area contributed by atoms with Gasteiger partial charge < -0.3 is 14.9 Å². The van der Waals surface area contributed by atoms with E-state index in [1.165, 1.54) is 5.56 Å². The summed E-state index contributed by atoms with van der Waals surface area (Å²) in [5, 5.41) is 0. The number of allylic oxidation sites excluding steroid dienone is 2. The Kier molecular flexibility index (Phi) is 5.45. The Balaban J connectivity index is 1.58. The largest absolute Gasteiger partial charge is 0.364 e. The molecule has 8 bridgehead atoms. The van der Waals surface area contributed by atoms with Crippen molar-refractivity contribution < 1.29 is 0 Å². The van der Waals surface area contributed by atoms with Gasteiger partial charge in [0.2, 0.25) is 0 Å². The molecule has 0 radical (unpaired) electrons. The van der Waals surface area contributed by atoms with E-state index in [1.54, 1.807) is 0 Å². The lowest BCUT2D eigenvalue weighted by atomic mass is 10.0. The third-order valence-electron chi connectivity index (χ3n) is 6.72. The molecular formula is C30H29N5. The molecule has 0 aliphatic carbocycles. The standard InChI is InChI=1S/C30H29N5/c1-3-6-20(2)35-14-5-4-7-30(35)28-18-27-17-25-11-10-23(32-25)15-21-8-9-22(31-21)16-24-12-13-26(33-24)19-29(28)34-27/h4-5,7-20,30,32,34H,3,6H2,1-2H3. The molecule has 0 aromatic carbocycles. The maximum atomic E-state index is 4.84. The van der Waals surface area contributed by atoms with Crippen LogP contribution in [0.5, 0.6) is 0 Å². The maximum Gasteiger partial charge on any atom is 0.0748 e. The first-order chi connectivity index (χ1) is 17.1. The van der Waals surface area contributed by atoms with Crippen LogP contribution in [-0.4, -0.2) is 30.9 Å². The van der Waals surface area contributed by atoms with Crippen LogP contribution in [0.1, 0.15) is 61.1 Å². The predicted molar refractivity (Wildman–Crippen MR) is 146 cm³/mol. The number of fused-ring (bicyclic) bond motifs is 8. The number of hydrogen-bond acceptors (Lipinski definition) is 3. The van der Waals surface area contributed by atoms with E-state index in [9.17, 15) is 0 Å². The summed E-state index contributed by atoms with van der Waals surface area (Å²) in [6.45, 7) is 4.56. The summed E-state index contributed by atoms with van der Waals surface area (Å²) in [7, 11) is 0. The summed E-state index contributed by atoms with van der Waals surface area (Å²) in [4.78, 5) is 19.2. The molecule has 0 spiro atoms. The van der Waals surface area contributed by atoms with Gasteiger partial charge in [0.05, 0.1) is 28.8 Å². The van der Waals surface area contributed by atoms with Gasteiger partial charge in [0.25, 0.3) is 0 Å². The molecule has 2 unspecified atom stereocenters. The van der Waals surface area contributed by atoms with Crippen LogP contribution in [-0.2, 0) is 0 Å². The minimum absolute atomic E-state index is 0.161. The normalized spacial score (nSPS) is 17.3. The van der Waals surface area contributed by atoms with E-state index in [4.69, 9.17) is 9.97 Å². The van der Waals surface area contributed by atoms with Crippen molar-refractivity contribution >= 4 is 46.4 Å². The van der Waals surface area contributed by atoms with Crippen molar-refractivity contribution in [2.75, 3.05) is 0 Å². The molecule has 0 saturated carbocycles. The van der Waals surface area contributed by atoms with Gasteiger partial charge >= 0.3 is 0 Å². The van der Waals surface area contributed by atoms with Crippen LogP contribution in [0.25, 0.3) is 46.4 Å².